The van der Waals surface area contributed by atoms with Gasteiger partial charge in [-0.1, -0.05) is 91.0 Å². The molecule has 0 bridgehead atoms. The fourth-order valence-corrected chi connectivity index (χ4v) is 5.94. The van der Waals surface area contributed by atoms with E-state index in [1.807, 2.05) is 54.6 Å². The number of nitrogens with zero attached hydrogens (tertiary/aromatic N) is 1. The van der Waals surface area contributed by atoms with Crippen molar-refractivity contribution in [1.82, 2.24) is 4.90 Å². The lowest BCUT2D eigenvalue weighted by atomic mass is 9.85. The third-order valence-electron chi connectivity index (χ3n) is 8.36. The summed E-state index contributed by atoms with van der Waals surface area (Å²) in [6.07, 6.45) is 0.295. The molecular weight excluding hydrogens is 508 g/mol. The Balaban J connectivity index is 1.36. The highest BCUT2D eigenvalue weighted by Crippen LogP contribution is 2.38. The van der Waals surface area contributed by atoms with Crippen molar-refractivity contribution in [3.8, 4) is 0 Å². The first-order valence-corrected chi connectivity index (χ1v) is 14.6. The smallest absolute Gasteiger partial charge is 0.248 e. The summed E-state index contributed by atoms with van der Waals surface area (Å²) in [5.74, 6) is -2.28. The summed E-state index contributed by atoms with van der Waals surface area (Å²) in [5, 5.41) is 0. The molecule has 6 heteroatoms. The Kier molecular flexibility index (Phi) is 9.97. The van der Waals surface area contributed by atoms with E-state index in [0.29, 0.717) is 39.2 Å². The molecule has 0 aromatic heterocycles. The first-order valence-electron chi connectivity index (χ1n) is 14.6. The van der Waals surface area contributed by atoms with E-state index in [1.165, 1.54) is 0 Å². The van der Waals surface area contributed by atoms with Gasteiger partial charge in [-0.15, -0.1) is 0 Å². The fourth-order valence-electron chi connectivity index (χ4n) is 5.94. The SMILES string of the molecule is C[C@@H]1[C@@H](OCc2ccccc2)[C@H](OCc2ccccc2)[C@@H](OCc2ccccc2)CN1CC1CCC(F)(F)CC1. The van der Waals surface area contributed by atoms with Crippen LogP contribution in [0.5, 0.6) is 0 Å². The normalized spacial score (nSPS) is 25.6. The molecule has 0 spiro atoms. The molecule has 214 valence electrons. The highest BCUT2D eigenvalue weighted by Gasteiger charge is 2.45. The molecule has 0 N–H and O–H groups in total. The Hall–Kier alpha value is -2.64. The van der Waals surface area contributed by atoms with Gasteiger partial charge in [-0.2, -0.15) is 0 Å². The molecule has 3 aromatic carbocycles. The van der Waals surface area contributed by atoms with Gasteiger partial charge in [0.1, 0.15) is 12.2 Å². The average molecular weight is 550 g/mol. The van der Waals surface area contributed by atoms with Crippen molar-refractivity contribution in [3.05, 3.63) is 108 Å². The molecule has 1 heterocycles. The van der Waals surface area contributed by atoms with Gasteiger partial charge in [-0.25, -0.2) is 8.78 Å². The molecule has 5 rings (SSSR count). The van der Waals surface area contributed by atoms with Gasteiger partial charge >= 0.3 is 0 Å². The zero-order valence-electron chi connectivity index (χ0n) is 23.3. The number of hydrogen-bond acceptors (Lipinski definition) is 4. The van der Waals surface area contributed by atoms with Crippen LogP contribution in [-0.4, -0.2) is 48.3 Å². The van der Waals surface area contributed by atoms with Crippen LogP contribution in [-0.2, 0) is 34.0 Å². The molecule has 1 saturated heterocycles. The Morgan fingerprint density at radius 3 is 1.62 bits per heavy atom. The topological polar surface area (TPSA) is 30.9 Å². The van der Waals surface area contributed by atoms with Gasteiger partial charge in [0.25, 0.3) is 0 Å². The van der Waals surface area contributed by atoms with Crippen molar-refractivity contribution in [2.24, 2.45) is 5.92 Å². The van der Waals surface area contributed by atoms with Gasteiger partial charge in [0.15, 0.2) is 0 Å². The summed E-state index contributed by atoms with van der Waals surface area (Å²) in [6.45, 7) is 5.02. The molecule has 1 saturated carbocycles. The lowest BCUT2D eigenvalue weighted by Crippen LogP contribution is -2.63. The van der Waals surface area contributed by atoms with E-state index in [4.69, 9.17) is 14.2 Å². The van der Waals surface area contributed by atoms with E-state index in [9.17, 15) is 8.78 Å². The van der Waals surface area contributed by atoms with Crippen molar-refractivity contribution >= 4 is 0 Å². The zero-order chi connectivity index (χ0) is 27.8. The number of alkyl halides is 2. The van der Waals surface area contributed by atoms with E-state index >= 15 is 0 Å². The minimum absolute atomic E-state index is 0.0232. The molecule has 4 atom stereocenters. The Morgan fingerprint density at radius 1 is 0.675 bits per heavy atom. The molecule has 0 amide bonds. The van der Waals surface area contributed by atoms with Gasteiger partial charge in [0, 0.05) is 32.0 Å². The molecule has 0 radical (unpaired) electrons. The first kappa shape index (κ1) is 28.9. The molecular formula is C34H41F2NO3. The maximum absolute atomic E-state index is 13.9. The molecule has 4 nitrogen and oxygen atoms in total. The van der Waals surface area contributed by atoms with Crippen LogP contribution < -0.4 is 0 Å². The van der Waals surface area contributed by atoms with Gasteiger partial charge in [0.05, 0.1) is 25.9 Å². The third kappa shape index (κ3) is 7.97. The Labute approximate surface area is 237 Å². The van der Waals surface area contributed by atoms with Crippen LogP contribution >= 0.6 is 0 Å². The second kappa shape index (κ2) is 13.8. The van der Waals surface area contributed by atoms with Crippen molar-refractivity contribution in [1.29, 1.82) is 0 Å². The number of rotatable bonds is 11. The van der Waals surface area contributed by atoms with Crippen LogP contribution in [0.1, 0.15) is 49.3 Å². The summed E-state index contributed by atoms with van der Waals surface area (Å²) in [5.41, 5.74) is 3.31. The maximum Gasteiger partial charge on any atom is 0.248 e. The molecule has 40 heavy (non-hydrogen) atoms. The quantitative estimate of drug-likeness (QED) is 0.252. The monoisotopic (exact) mass is 549 g/mol. The highest BCUT2D eigenvalue weighted by atomic mass is 19.3. The van der Waals surface area contributed by atoms with Crippen molar-refractivity contribution in [2.75, 3.05) is 13.1 Å². The van der Waals surface area contributed by atoms with E-state index in [-0.39, 0.29) is 43.1 Å². The summed E-state index contributed by atoms with van der Waals surface area (Å²) in [4.78, 5) is 2.39. The molecule has 2 aliphatic rings. The Morgan fingerprint density at radius 2 is 1.12 bits per heavy atom. The van der Waals surface area contributed by atoms with Crippen LogP contribution in [0, 0.1) is 5.92 Å². The number of ether oxygens (including phenoxy) is 3. The number of likely N-dealkylation sites (tertiary alicyclic amines) is 1. The predicted molar refractivity (Wildman–Crippen MR) is 153 cm³/mol. The third-order valence-corrected chi connectivity index (χ3v) is 8.36. The maximum atomic E-state index is 13.9. The Bertz CT molecular complexity index is 1140. The van der Waals surface area contributed by atoms with E-state index in [1.54, 1.807) is 0 Å². The summed E-state index contributed by atoms with van der Waals surface area (Å²) in [6, 6.07) is 30.5. The highest BCUT2D eigenvalue weighted by molar-refractivity contribution is 5.16. The number of piperidine rings is 1. The second-order valence-electron chi connectivity index (χ2n) is 11.4. The van der Waals surface area contributed by atoms with Crippen LogP contribution in [0.2, 0.25) is 0 Å². The number of benzene rings is 3. The molecule has 1 aliphatic carbocycles. The first-order chi connectivity index (χ1) is 19.5. The predicted octanol–water partition coefficient (Wildman–Crippen LogP) is 7.27. The van der Waals surface area contributed by atoms with Crippen molar-refractivity contribution < 1.29 is 23.0 Å². The fraction of sp³-hybridized carbons (Fsp3) is 0.471. The van der Waals surface area contributed by atoms with E-state index in [0.717, 1.165) is 23.2 Å². The van der Waals surface area contributed by atoms with Crippen LogP contribution in [0.15, 0.2) is 91.0 Å². The van der Waals surface area contributed by atoms with Crippen LogP contribution in [0.4, 0.5) is 8.78 Å². The van der Waals surface area contributed by atoms with Crippen molar-refractivity contribution in [2.45, 2.75) is 82.7 Å². The molecule has 0 unspecified atom stereocenters. The minimum Gasteiger partial charge on any atom is -0.369 e. The van der Waals surface area contributed by atoms with E-state index < -0.39 is 5.92 Å². The van der Waals surface area contributed by atoms with Gasteiger partial charge in [-0.3, -0.25) is 4.90 Å². The zero-order valence-corrected chi connectivity index (χ0v) is 23.3. The van der Waals surface area contributed by atoms with Gasteiger partial charge in [-0.05, 0) is 42.4 Å². The average Bonchev–Trinajstić information content (AvgIpc) is 2.98. The lowest BCUT2D eigenvalue weighted by molar-refractivity contribution is -0.202. The van der Waals surface area contributed by atoms with E-state index in [2.05, 4.69) is 48.2 Å². The number of hydrogen-bond donors (Lipinski definition) is 0. The van der Waals surface area contributed by atoms with Gasteiger partial charge < -0.3 is 14.2 Å². The lowest BCUT2D eigenvalue weighted by Gasteiger charge is -2.48. The second-order valence-corrected chi connectivity index (χ2v) is 11.4. The molecule has 1 aliphatic heterocycles. The summed E-state index contributed by atoms with van der Waals surface area (Å²) >= 11 is 0. The van der Waals surface area contributed by atoms with Gasteiger partial charge in [0.2, 0.25) is 5.92 Å². The standard InChI is InChI=1S/C34H41F2NO3/c1-26-32(39-24-29-13-7-3-8-14-29)33(40-25-30-15-9-4-10-16-30)31(38-23-28-11-5-2-6-12-28)22-37(26)21-27-17-19-34(35,36)20-18-27/h2-16,26-27,31-33H,17-25H2,1H3/t26-,31+,32-,33-/m1/s1. The summed E-state index contributed by atoms with van der Waals surface area (Å²) < 4.78 is 47.6. The van der Waals surface area contributed by atoms with Crippen molar-refractivity contribution in [3.63, 3.8) is 0 Å². The minimum atomic E-state index is -2.52. The van der Waals surface area contributed by atoms with Crippen LogP contribution in [0.3, 0.4) is 0 Å². The van der Waals surface area contributed by atoms with Crippen LogP contribution in [0.25, 0.3) is 0 Å². The largest absolute Gasteiger partial charge is 0.369 e. The molecule has 3 aromatic rings. The summed E-state index contributed by atoms with van der Waals surface area (Å²) in [7, 11) is 0. The number of halogens is 2. The molecule has 2 fully saturated rings.